The maximum atomic E-state index is 13.6. The molecule has 3 unspecified atom stereocenters. The number of imide groups is 1. The average Bonchev–Trinajstić information content (AvgIpc) is 2.93. The standard InChI is InChI=1S/C20H24FN3O3/c21-14-5-3-4-13(10-14)17-11-22-8-9-23(17)18(25)12-24-19(26)15-6-1-2-7-16(15)20(24)27/h3-5,10,15-17,22H,1-2,6-9,11-12H2. The van der Waals surface area contributed by atoms with Crippen molar-refractivity contribution in [2.75, 3.05) is 26.2 Å². The van der Waals surface area contributed by atoms with Crippen LogP contribution in [0.2, 0.25) is 0 Å². The van der Waals surface area contributed by atoms with Crippen LogP contribution in [0.3, 0.4) is 0 Å². The van der Waals surface area contributed by atoms with Crippen LogP contribution in [0.5, 0.6) is 0 Å². The molecule has 0 bridgehead atoms. The van der Waals surface area contributed by atoms with E-state index in [0.29, 0.717) is 25.2 Å². The summed E-state index contributed by atoms with van der Waals surface area (Å²) in [6.07, 6.45) is 3.39. The van der Waals surface area contributed by atoms with Crippen LogP contribution in [0, 0.1) is 17.7 Å². The number of likely N-dealkylation sites (tertiary alicyclic amines) is 1. The van der Waals surface area contributed by atoms with E-state index >= 15 is 0 Å². The van der Waals surface area contributed by atoms with E-state index in [0.717, 1.165) is 30.6 Å². The van der Waals surface area contributed by atoms with Crippen molar-refractivity contribution in [3.8, 4) is 0 Å². The van der Waals surface area contributed by atoms with Gasteiger partial charge in [-0.3, -0.25) is 19.3 Å². The number of halogens is 1. The number of nitrogens with zero attached hydrogens (tertiary/aromatic N) is 2. The molecule has 0 spiro atoms. The second kappa shape index (κ2) is 7.38. The normalized spacial score (nSPS) is 28.4. The van der Waals surface area contributed by atoms with Crippen LogP contribution in [0.1, 0.15) is 37.3 Å². The van der Waals surface area contributed by atoms with Gasteiger partial charge < -0.3 is 10.2 Å². The van der Waals surface area contributed by atoms with E-state index in [-0.39, 0.29) is 48.0 Å². The number of fused-ring (bicyclic) bond motifs is 1. The predicted molar refractivity (Wildman–Crippen MR) is 95.9 cm³/mol. The molecule has 2 aliphatic heterocycles. The molecular weight excluding hydrogens is 349 g/mol. The van der Waals surface area contributed by atoms with Gasteiger partial charge in [0.05, 0.1) is 17.9 Å². The van der Waals surface area contributed by atoms with Gasteiger partial charge in [-0.1, -0.05) is 25.0 Å². The van der Waals surface area contributed by atoms with Gasteiger partial charge in [0.2, 0.25) is 17.7 Å². The molecular formula is C20H24FN3O3. The van der Waals surface area contributed by atoms with Gasteiger partial charge in [0.25, 0.3) is 0 Å². The number of hydrogen-bond donors (Lipinski definition) is 1. The Kier molecular flexibility index (Phi) is 4.95. The highest BCUT2D eigenvalue weighted by Gasteiger charge is 2.49. The highest BCUT2D eigenvalue weighted by Crippen LogP contribution is 2.38. The summed E-state index contributed by atoms with van der Waals surface area (Å²) in [6, 6.07) is 5.91. The fourth-order valence-electron chi connectivity index (χ4n) is 4.63. The molecule has 0 radical (unpaired) electrons. The van der Waals surface area contributed by atoms with Crippen molar-refractivity contribution in [2.24, 2.45) is 11.8 Å². The third-order valence-electron chi connectivity index (χ3n) is 6.02. The van der Waals surface area contributed by atoms with Crippen LogP contribution >= 0.6 is 0 Å². The van der Waals surface area contributed by atoms with E-state index in [1.54, 1.807) is 17.0 Å². The van der Waals surface area contributed by atoms with Crippen molar-refractivity contribution >= 4 is 17.7 Å². The lowest BCUT2D eigenvalue weighted by molar-refractivity contribution is -0.148. The molecule has 4 rings (SSSR count). The minimum atomic E-state index is -0.348. The molecule has 1 aromatic rings. The Morgan fingerprint density at radius 3 is 2.52 bits per heavy atom. The van der Waals surface area contributed by atoms with Crippen molar-refractivity contribution in [3.05, 3.63) is 35.6 Å². The van der Waals surface area contributed by atoms with Crippen LogP contribution in [0.15, 0.2) is 24.3 Å². The van der Waals surface area contributed by atoms with E-state index in [2.05, 4.69) is 5.32 Å². The first-order valence-electron chi connectivity index (χ1n) is 9.67. The minimum absolute atomic E-state index is 0.199. The molecule has 144 valence electrons. The number of hydrogen-bond acceptors (Lipinski definition) is 4. The van der Waals surface area contributed by atoms with Crippen molar-refractivity contribution in [1.29, 1.82) is 0 Å². The second-order valence-electron chi connectivity index (χ2n) is 7.62. The number of amides is 3. The van der Waals surface area contributed by atoms with Crippen LogP contribution < -0.4 is 5.32 Å². The lowest BCUT2D eigenvalue weighted by Crippen LogP contribution is -2.52. The zero-order valence-electron chi connectivity index (χ0n) is 15.2. The molecule has 2 heterocycles. The summed E-state index contributed by atoms with van der Waals surface area (Å²) >= 11 is 0. The zero-order chi connectivity index (χ0) is 19.0. The van der Waals surface area contributed by atoms with Crippen LogP contribution in [0.25, 0.3) is 0 Å². The molecule has 2 saturated heterocycles. The number of nitrogens with one attached hydrogen (secondary N) is 1. The molecule has 6 nitrogen and oxygen atoms in total. The van der Waals surface area contributed by atoms with Gasteiger partial charge in [-0.05, 0) is 30.5 Å². The Balaban J connectivity index is 1.51. The van der Waals surface area contributed by atoms with Crippen molar-refractivity contribution in [3.63, 3.8) is 0 Å². The Bertz CT molecular complexity index is 745. The molecule has 3 atom stereocenters. The van der Waals surface area contributed by atoms with Gasteiger partial charge in [-0.25, -0.2) is 4.39 Å². The summed E-state index contributed by atoms with van der Waals surface area (Å²) in [6.45, 7) is 1.40. The summed E-state index contributed by atoms with van der Waals surface area (Å²) in [5.74, 6) is -1.50. The highest BCUT2D eigenvalue weighted by molar-refractivity contribution is 6.07. The molecule has 1 saturated carbocycles. The van der Waals surface area contributed by atoms with Crippen molar-refractivity contribution in [1.82, 2.24) is 15.1 Å². The third-order valence-corrected chi connectivity index (χ3v) is 6.02. The Morgan fingerprint density at radius 2 is 1.85 bits per heavy atom. The van der Waals surface area contributed by atoms with Gasteiger partial charge >= 0.3 is 0 Å². The maximum Gasteiger partial charge on any atom is 0.243 e. The topological polar surface area (TPSA) is 69.7 Å². The molecule has 1 aliphatic carbocycles. The number of piperazine rings is 1. The number of carbonyl (C=O) groups is 3. The minimum Gasteiger partial charge on any atom is -0.332 e. The first-order valence-corrected chi connectivity index (χ1v) is 9.67. The summed E-state index contributed by atoms with van der Waals surface area (Å²) in [7, 11) is 0. The highest BCUT2D eigenvalue weighted by atomic mass is 19.1. The molecule has 3 fully saturated rings. The second-order valence-corrected chi connectivity index (χ2v) is 7.62. The summed E-state index contributed by atoms with van der Waals surface area (Å²) in [5.41, 5.74) is 0.711. The number of carbonyl (C=O) groups excluding carboxylic acids is 3. The first kappa shape index (κ1) is 18.1. The predicted octanol–water partition coefficient (Wildman–Crippen LogP) is 1.47. The fraction of sp³-hybridized carbons (Fsp3) is 0.550. The number of benzene rings is 1. The van der Waals surface area contributed by atoms with Gasteiger partial charge in [0.1, 0.15) is 12.4 Å². The van der Waals surface area contributed by atoms with Gasteiger partial charge in [-0.2, -0.15) is 0 Å². The molecule has 0 aromatic heterocycles. The SMILES string of the molecule is O=C1C2CCCCC2C(=O)N1CC(=O)N1CCNCC1c1cccc(F)c1. The van der Waals surface area contributed by atoms with E-state index in [9.17, 15) is 18.8 Å². The molecule has 1 aromatic carbocycles. The lowest BCUT2D eigenvalue weighted by atomic mass is 9.81. The smallest absolute Gasteiger partial charge is 0.243 e. The largest absolute Gasteiger partial charge is 0.332 e. The Hall–Kier alpha value is -2.28. The Labute approximate surface area is 157 Å². The van der Waals surface area contributed by atoms with Crippen LogP contribution in [0.4, 0.5) is 4.39 Å². The fourth-order valence-corrected chi connectivity index (χ4v) is 4.63. The van der Waals surface area contributed by atoms with Crippen molar-refractivity contribution < 1.29 is 18.8 Å². The zero-order valence-corrected chi connectivity index (χ0v) is 15.2. The number of rotatable bonds is 3. The summed E-state index contributed by atoms with van der Waals surface area (Å²) in [4.78, 5) is 41.1. The quantitative estimate of drug-likeness (QED) is 0.815. The van der Waals surface area contributed by atoms with Crippen LogP contribution in [-0.2, 0) is 14.4 Å². The van der Waals surface area contributed by atoms with Gasteiger partial charge in [0, 0.05) is 19.6 Å². The lowest BCUT2D eigenvalue weighted by Gasteiger charge is -2.37. The van der Waals surface area contributed by atoms with Crippen LogP contribution in [-0.4, -0.2) is 53.7 Å². The average molecular weight is 373 g/mol. The summed E-state index contributed by atoms with van der Waals surface area (Å²) in [5, 5.41) is 3.23. The monoisotopic (exact) mass is 373 g/mol. The van der Waals surface area contributed by atoms with E-state index < -0.39 is 0 Å². The first-order chi connectivity index (χ1) is 13.1. The van der Waals surface area contributed by atoms with Crippen molar-refractivity contribution in [2.45, 2.75) is 31.7 Å². The molecule has 3 amide bonds. The summed E-state index contributed by atoms with van der Waals surface area (Å²) < 4.78 is 13.6. The van der Waals surface area contributed by atoms with Gasteiger partial charge in [-0.15, -0.1) is 0 Å². The van der Waals surface area contributed by atoms with Gasteiger partial charge in [0.15, 0.2) is 0 Å². The van der Waals surface area contributed by atoms with E-state index in [1.807, 2.05) is 0 Å². The maximum absolute atomic E-state index is 13.6. The molecule has 1 N–H and O–H groups in total. The Morgan fingerprint density at radius 1 is 1.15 bits per heavy atom. The van der Waals surface area contributed by atoms with E-state index in [4.69, 9.17) is 0 Å². The molecule has 3 aliphatic rings. The van der Waals surface area contributed by atoms with E-state index in [1.165, 1.54) is 12.1 Å². The molecule has 27 heavy (non-hydrogen) atoms. The molecule has 7 heteroatoms. The third kappa shape index (κ3) is 3.36.